The van der Waals surface area contributed by atoms with Crippen molar-refractivity contribution in [3.8, 4) is 11.4 Å². The van der Waals surface area contributed by atoms with Crippen LogP contribution in [0.25, 0.3) is 5.69 Å². The number of aliphatic imine (C=N–C) groups is 1. The number of rotatable bonds is 6. The van der Waals surface area contributed by atoms with Crippen molar-refractivity contribution in [1.29, 1.82) is 0 Å². The summed E-state index contributed by atoms with van der Waals surface area (Å²) < 4.78 is 6.80. The van der Waals surface area contributed by atoms with Gasteiger partial charge < -0.3 is 4.74 Å². The molecule has 0 bridgehead atoms. The van der Waals surface area contributed by atoms with Gasteiger partial charge in [-0.05, 0) is 54.7 Å². The van der Waals surface area contributed by atoms with Crippen molar-refractivity contribution in [1.82, 2.24) is 9.78 Å². The summed E-state index contributed by atoms with van der Waals surface area (Å²) in [4.78, 5) is 17.8. The van der Waals surface area contributed by atoms with Gasteiger partial charge in [0.25, 0.3) is 5.56 Å². The lowest BCUT2D eigenvalue weighted by atomic mass is 10.1. The van der Waals surface area contributed by atoms with E-state index in [1.165, 1.54) is 11.1 Å². The van der Waals surface area contributed by atoms with Gasteiger partial charge in [0, 0.05) is 11.9 Å². The molecule has 2 aromatic carbocycles. The fourth-order valence-electron chi connectivity index (χ4n) is 3.80. The smallest absolute Gasteiger partial charge is 0.280 e. The van der Waals surface area contributed by atoms with E-state index < -0.39 is 0 Å². The Morgan fingerprint density at radius 3 is 2.43 bits per heavy atom. The van der Waals surface area contributed by atoms with Crippen LogP contribution in [-0.4, -0.2) is 29.1 Å². The lowest BCUT2D eigenvalue weighted by Gasteiger charge is -2.03. The number of hydrogen-bond acceptors (Lipinski definition) is 3. The molecule has 0 spiro atoms. The van der Waals surface area contributed by atoms with Gasteiger partial charge in [-0.3, -0.25) is 14.9 Å². The maximum atomic E-state index is 13.1. The monoisotopic (exact) mass is 375 g/mol. The van der Waals surface area contributed by atoms with Crippen LogP contribution in [0.4, 0.5) is 0 Å². The van der Waals surface area contributed by atoms with Gasteiger partial charge in [0.2, 0.25) is 0 Å². The number of nitrogens with one attached hydrogen (secondary N) is 1. The second-order valence-corrected chi connectivity index (χ2v) is 7.20. The molecule has 0 saturated heterocycles. The highest BCUT2D eigenvalue weighted by Crippen LogP contribution is 2.23. The average Bonchev–Trinajstić information content (AvgIpc) is 3.27. The molecular weight excluding hydrogens is 350 g/mol. The second kappa shape index (κ2) is 7.89. The van der Waals surface area contributed by atoms with Gasteiger partial charge in [-0.2, -0.15) is 0 Å². The lowest BCUT2D eigenvalue weighted by Crippen LogP contribution is -2.17. The van der Waals surface area contributed by atoms with Gasteiger partial charge in [0.1, 0.15) is 5.75 Å². The Labute approximate surface area is 164 Å². The van der Waals surface area contributed by atoms with Gasteiger partial charge in [-0.25, -0.2) is 4.68 Å². The van der Waals surface area contributed by atoms with E-state index in [2.05, 4.69) is 36.3 Å². The van der Waals surface area contributed by atoms with Gasteiger partial charge in [-0.15, -0.1) is 0 Å². The molecular formula is C23H25N3O2. The quantitative estimate of drug-likeness (QED) is 0.668. The van der Waals surface area contributed by atoms with E-state index in [9.17, 15) is 4.79 Å². The van der Waals surface area contributed by atoms with E-state index in [1.54, 1.807) is 18.0 Å². The number of H-pyrrole nitrogens is 1. The molecule has 1 heterocycles. The molecule has 1 aliphatic rings. The molecule has 0 fully saturated rings. The van der Waals surface area contributed by atoms with Gasteiger partial charge in [0.15, 0.2) is 0 Å². The molecule has 0 aliphatic heterocycles. The molecule has 0 unspecified atom stereocenters. The van der Waals surface area contributed by atoms with Crippen LogP contribution in [0.15, 0.2) is 58.3 Å². The van der Waals surface area contributed by atoms with Crippen LogP contribution in [0, 0.1) is 0 Å². The Morgan fingerprint density at radius 1 is 1.14 bits per heavy atom. The molecule has 0 atom stereocenters. The zero-order chi connectivity index (χ0) is 19.5. The maximum absolute atomic E-state index is 13.1. The van der Waals surface area contributed by atoms with Crippen molar-refractivity contribution in [3.05, 3.63) is 81.3 Å². The zero-order valence-electron chi connectivity index (χ0n) is 16.3. The molecule has 28 heavy (non-hydrogen) atoms. The minimum atomic E-state index is -0.0622. The molecule has 0 radical (unpaired) electrons. The van der Waals surface area contributed by atoms with Gasteiger partial charge in [-0.1, -0.05) is 37.6 Å². The van der Waals surface area contributed by atoms with Gasteiger partial charge >= 0.3 is 0 Å². The van der Waals surface area contributed by atoms with E-state index in [0.29, 0.717) is 5.56 Å². The number of benzene rings is 2. The highest BCUT2D eigenvalue weighted by atomic mass is 16.5. The predicted octanol–water partition coefficient (Wildman–Crippen LogP) is 3.71. The third-order valence-corrected chi connectivity index (χ3v) is 5.28. The largest absolute Gasteiger partial charge is 0.497 e. The Morgan fingerprint density at radius 2 is 1.82 bits per heavy atom. The molecule has 1 aromatic heterocycles. The summed E-state index contributed by atoms with van der Waals surface area (Å²) in [5.41, 5.74) is 5.05. The summed E-state index contributed by atoms with van der Waals surface area (Å²) in [5.74, 6) is 0.764. The standard InChI is InChI=1S/C23H25N3O2/c1-3-6-22-21(15-24-18-13-16-7-4-5-8-17(16)14-18)23(27)26(25-22)19-9-11-20(28-2)12-10-19/h4-5,7-12,15,18,25H,3,6,13-14H2,1-2H3. The first-order valence-corrected chi connectivity index (χ1v) is 9.78. The number of hydrogen-bond donors (Lipinski definition) is 1. The third kappa shape index (κ3) is 3.52. The molecule has 4 rings (SSSR count). The van der Waals surface area contributed by atoms with Crippen LogP contribution in [0.2, 0.25) is 0 Å². The predicted molar refractivity (Wildman–Crippen MR) is 112 cm³/mol. The van der Waals surface area contributed by atoms with Crippen LogP contribution in [0.1, 0.15) is 35.7 Å². The minimum absolute atomic E-state index is 0.0622. The summed E-state index contributed by atoms with van der Waals surface area (Å²) in [7, 11) is 1.63. The van der Waals surface area contributed by atoms with E-state index >= 15 is 0 Å². The maximum Gasteiger partial charge on any atom is 0.280 e. The second-order valence-electron chi connectivity index (χ2n) is 7.20. The van der Waals surface area contributed by atoms with Crippen molar-refractivity contribution in [3.63, 3.8) is 0 Å². The number of aromatic nitrogens is 2. The number of methoxy groups -OCH3 is 1. The Hall–Kier alpha value is -3.08. The number of aryl methyl sites for hydroxylation is 1. The molecule has 1 N–H and O–H groups in total. The van der Waals surface area contributed by atoms with E-state index in [0.717, 1.165) is 42.8 Å². The molecule has 5 heteroatoms. The fraction of sp³-hybridized carbons (Fsp3) is 0.304. The summed E-state index contributed by atoms with van der Waals surface area (Å²) in [6, 6.07) is 16.1. The molecule has 0 saturated carbocycles. The first-order valence-electron chi connectivity index (χ1n) is 9.78. The first kappa shape index (κ1) is 18.3. The first-order chi connectivity index (χ1) is 13.7. The molecule has 144 valence electrons. The number of nitrogens with zero attached hydrogens (tertiary/aromatic N) is 2. The average molecular weight is 375 g/mol. The Balaban J connectivity index is 1.63. The normalized spacial score (nSPS) is 13.9. The Kier molecular flexibility index (Phi) is 5.15. The van der Waals surface area contributed by atoms with Crippen molar-refractivity contribution in [2.24, 2.45) is 4.99 Å². The molecule has 1 aliphatic carbocycles. The zero-order valence-corrected chi connectivity index (χ0v) is 16.3. The third-order valence-electron chi connectivity index (χ3n) is 5.28. The minimum Gasteiger partial charge on any atom is -0.497 e. The fourth-order valence-corrected chi connectivity index (χ4v) is 3.80. The SMILES string of the molecule is CCCc1[nH]n(-c2ccc(OC)cc2)c(=O)c1C=NC1Cc2ccccc2C1. The van der Waals surface area contributed by atoms with E-state index in [4.69, 9.17) is 9.73 Å². The summed E-state index contributed by atoms with van der Waals surface area (Å²) >= 11 is 0. The highest BCUT2D eigenvalue weighted by Gasteiger charge is 2.20. The Bertz CT molecular complexity index is 1020. The van der Waals surface area contributed by atoms with Crippen molar-refractivity contribution in [2.75, 3.05) is 7.11 Å². The number of fused-ring (bicyclic) bond motifs is 1. The summed E-state index contributed by atoms with van der Waals surface area (Å²) in [6.45, 7) is 2.11. The molecule has 3 aromatic rings. The summed E-state index contributed by atoms with van der Waals surface area (Å²) in [5, 5.41) is 3.27. The van der Waals surface area contributed by atoms with Crippen molar-refractivity contribution in [2.45, 2.75) is 38.6 Å². The van der Waals surface area contributed by atoms with Crippen LogP contribution < -0.4 is 10.3 Å². The number of aromatic amines is 1. The van der Waals surface area contributed by atoms with Gasteiger partial charge in [0.05, 0.1) is 24.4 Å². The van der Waals surface area contributed by atoms with Crippen LogP contribution >= 0.6 is 0 Å². The van der Waals surface area contributed by atoms with Crippen molar-refractivity contribution >= 4 is 6.21 Å². The highest BCUT2D eigenvalue weighted by molar-refractivity contribution is 5.81. The lowest BCUT2D eigenvalue weighted by molar-refractivity contribution is 0.414. The summed E-state index contributed by atoms with van der Waals surface area (Å²) in [6.07, 6.45) is 5.42. The van der Waals surface area contributed by atoms with Crippen LogP contribution in [0.5, 0.6) is 5.75 Å². The molecule has 0 amide bonds. The van der Waals surface area contributed by atoms with E-state index in [-0.39, 0.29) is 11.6 Å². The van der Waals surface area contributed by atoms with E-state index in [1.807, 2.05) is 24.3 Å². The molecule has 5 nitrogen and oxygen atoms in total. The number of ether oxygens (including phenoxy) is 1. The van der Waals surface area contributed by atoms with Crippen molar-refractivity contribution < 1.29 is 4.74 Å². The topological polar surface area (TPSA) is 59.4 Å². The van der Waals surface area contributed by atoms with Crippen LogP contribution in [0.3, 0.4) is 0 Å². The van der Waals surface area contributed by atoms with Crippen LogP contribution in [-0.2, 0) is 19.3 Å².